The normalized spacial score (nSPS) is 11.6. The van der Waals surface area contributed by atoms with E-state index in [0.29, 0.717) is 16.7 Å². The van der Waals surface area contributed by atoms with Crippen LogP contribution in [0.15, 0.2) is 42.5 Å². The number of rotatable bonds is 4. The first-order valence-corrected chi connectivity index (χ1v) is 7.63. The third-order valence-electron chi connectivity index (χ3n) is 3.83. The highest BCUT2D eigenvalue weighted by Crippen LogP contribution is 2.30. The van der Waals surface area contributed by atoms with Crippen molar-refractivity contribution in [1.29, 1.82) is 0 Å². The zero-order valence-electron chi connectivity index (χ0n) is 13.6. The zero-order chi connectivity index (χ0) is 18.9. The Morgan fingerprint density at radius 2 is 1.88 bits per heavy atom. The quantitative estimate of drug-likeness (QED) is 0.681. The average Bonchev–Trinajstić information content (AvgIpc) is 3.01. The highest BCUT2D eigenvalue weighted by Gasteiger charge is 2.30. The highest BCUT2D eigenvalue weighted by molar-refractivity contribution is 6.58. The zero-order valence-corrected chi connectivity index (χ0v) is 13.6. The summed E-state index contributed by atoms with van der Waals surface area (Å²) in [4.78, 5) is 1.24. The number of tetrazole rings is 1. The van der Waals surface area contributed by atoms with Gasteiger partial charge in [0.25, 0.3) is 0 Å². The molecule has 134 valence electrons. The first kappa shape index (κ1) is 18.1. The third-order valence-corrected chi connectivity index (χ3v) is 3.83. The molecule has 0 fully saturated rings. The Bertz CT molecular complexity index is 928. The minimum absolute atomic E-state index is 0.194. The van der Waals surface area contributed by atoms with E-state index in [1.165, 1.54) is 23.0 Å². The summed E-state index contributed by atoms with van der Waals surface area (Å²) >= 11 is 0. The largest absolute Gasteiger partial charge is 0.488 e. The van der Waals surface area contributed by atoms with Crippen LogP contribution in [0.2, 0.25) is 0 Å². The summed E-state index contributed by atoms with van der Waals surface area (Å²) in [6.07, 6.45) is -4.23. The Hall–Kier alpha value is -2.72. The van der Waals surface area contributed by atoms with Crippen molar-refractivity contribution in [3.05, 3.63) is 59.2 Å². The van der Waals surface area contributed by atoms with Crippen LogP contribution in [0.5, 0.6) is 0 Å². The maximum atomic E-state index is 12.9. The Balaban J connectivity index is 2.02. The van der Waals surface area contributed by atoms with Gasteiger partial charge < -0.3 is 10.0 Å². The van der Waals surface area contributed by atoms with Crippen molar-refractivity contribution < 1.29 is 23.2 Å². The number of nitrogens with zero attached hydrogens (tertiary/aromatic N) is 4. The molecule has 26 heavy (non-hydrogen) atoms. The molecule has 1 heterocycles. The second kappa shape index (κ2) is 6.89. The van der Waals surface area contributed by atoms with Crippen molar-refractivity contribution >= 4 is 12.6 Å². The molecule has 0 saturated heterocycles. The molecule has 0 unspecified atom stereocenters. The predicted molar refractivity (Wildman–Crippen MR) is 88.3 cm³/mol. The summed E-state index contributed by atoms with van der Waals surface area (Å²) in [5.41, 5.74) is 1.07. The molecule has 0 aliphatic heterocycles. The summed E-state index contributed by atoms with van der Waals surface area (Å²) in [6.45, 7) is 0. The summed E-state index contributed by atoms with van der Waals surface area (Å²) < 4.78 is 38.7. The fourth-order valence-electron chi connectivity index (χ4n) is 2.59. The number of alkyl halides is 3. The van der Waals surface area contributed by atoms with Gasteiger partial charge in [0.05, 0.1) is 12.6 Å². The van der Waals surface area contributed by atoms with E-state index in [1.807, 2.05) is 0 Å². The molecule has 2 N–H and O–H groups in total. The van der Waals surface area contributed by atoms with Gasteiger partial charge in [0.15, 0.2) is 0 Å². The van der Waals surface area contributed by atoms with Crippen molar-refractivity contribution in [2.45, 2.75) is 12.6 Å². The minimum atomic E-state index is -4.42. The predicted octanol–water partition coefficient (Wildman–Crippen LogP) is 1.17. The van der Waals surface area contributed by atoms with Crippen LogP contribution in [-0.2, 0) is 19.6 Å². The number of aromatic nitrogens is 4. The second-order valence-corrected chi connectivity index (χ2v) is 5.77. The first-order valence-electron chi connectivity index (χ1n) is 7.63. The van der Waals surface area contributed by atoms with E-state index >= 15 is 0 Å². The van der Waals surface area contributed by atoms with E-state index in [2.05, 4.69) is 15.4 Å². The maximum absolute atomic E-state index is 12.9. The van der Waals surface area contributed by atoms with E-state index < -0.39 is 18.9 Å². The molecule has 3 aromatic rings. The fourth-order valence-corrected chi connectivity index (χ4v) is 2.59. The summed E-state index contributed by atoms with van der Waals surface area (Å²) in [5.74, 6) is 0.247. The van der Waals surface area contributed by atoms with Crippen LogP contribution in [0.3, 0.4) is 0 Å². The number of hydrogen-bond donors (Lipinski definition) is 2. The number of hydrogen-bond acceptors (Lipinski definition) is 5. The lowest BCUT2D eigenvalue weighted by Crippen LogP contribution is -2.30. The van der Waals surface area contributed by atoms with Gasteiger partial charge in [-0.05, 0) is 34.3 Å². The van der Waals surface area contributed by atoms with E-state index in [9.17, 15) is 23.2 Å². The molecule has 0 spiro atoms. The molecule has 0 aliphatic carbocycles. The standard InChI is InChI=1S/C16H14BF3N4O2/c1-24-22-15(21-23-24)14-9-13(17(25)26)6-5-11(14)7-10-3-2-4-12(8-10)16(18,19)20/h2-6,8-9,25-26H,7H2,1H3. The van der Waals surface area contributed by atoms with Crippen LogP contribution < -0.4 is 5.46 Å². The van der Waals surface area contributed by atoms with Crippen molar-refractivity contribution in [3.8, 4) is 11.4 Å². The molecule has 2 aromatic carbocycles. The Morgan fingerprint density at radius 1 is 1.12 bits per heavy atom. The number of aryl methyl sites for hydroxylation is 1. The highest BCUT2D eigenvalue weighted by atomic mass is 19.4. The lowest BCUT2D eigenvalue weighted by molar-refractivity contribution is -0.137. The topological polar surface area (TPSA) is 84.1 Å². The van der Waals surface area contributed by atoms with Crippen molar-refractivity contribution in [1.82, 2.24) is 20.2 Å². The van der Waals surface area contributed by atoms with Gasteiger partial charge in [-0.2, -0.15) is 18.0 Å². The van der Waals surface area contributed by atoms with Crippen molar-refractivity contribution in [2.24, 2.45) is 7.05 Å². The second-order valence-electron chi connectivity index (χ2n) is 5.77. The van der Waals surface area contributed by atoms with Crippen LogP contribution in [0.25, 0.3) is 11.4 Å². The molecule has 0 saturated carbocycles. The Labute approximate surface area is 147 Å². The third kappa shape index (κ3) is 3.92. The van der Waals surface area contributed by atoms with Crippen LogP contribution >= 0.6 is 0 Å². The molecule has 3 rings (SSSR count). The lowest BCUT2D eigenvalue weighted by Gasteiger charge is -2.12. The molecule has 0 radical (unpaired) electrons. The number of halogens is 3. The molecule has 10 heteroatoms. The van der Waals surface area contributed by atoms with Gasteiger partial charge in [-0.25, -0.2) is 0 Å². The molecule has 0 amide bonds. The molecular weight excluding hydrogens is 348 g/mol. The maximum Gasteiger partial charge on any atom is 0.488 e. The van der Waals surface area contributed by atoms with Gasteiger partial charge in [-0.15, -0.1) is 10.2 Å². The van der Waals surface area contributed by atoms with E-state index in [1.54, 1.807) is 19.2 Å². The van der Waals surface area contributed by atoms with Gasteiger partial charge >= 0.3 is 13.3 Å². The van der Waals surface area contributed by atoms with Gasteiger partial charge in [-0.1, -0.05) is 36.4 Å². The summed E-state index contributed by atoms with van der Waals surface area (Å²) in [7, 11) is -0.110. The summed E-state index contributed by atoms with van der Waals surface area (Å²) in [6, 6.07) is 9.64. The smallest absolute Gasteiger partial charge is 0.423 e. The Kier molecular flexibility index (Phi) is 4.79. The van der Waals surface area contributed by atoms with Gasteiger partial charge in [0.2, 0.25) is 5.82 Å². The average molecular weight is 362 g/mol. The van der Waals surface area contributed by atoms with Gasteiger partial charge in [0, 0.05) is 5.56 Å². The van der Waals surface area contributed by atoms with Crippen LogP contribution in [0, 0.1) is 0 Å². The lowest BCUT2D eigenvalue weighted by atomic mass is 9.78. The fraction of sp³-hybridized carbons (Fsp3) is 0.188. The monoisotopic (exact) mass is 362 g/mol. The van der Waals surface area contributed by atoms with Crippen molar-refractivity contribution in [2.75, 3.05) is 0 Å². The molecule has 6 nitrogen and oxygen atoms in total. The molecule has 1 aromatic heterocycles. The minimum Gasteiger partial charge on any atom is -0.423 e. The molecule has 0 aliphatic rings. The SMILES string of the molecule is Cn1nnc(-c2cc(B(O)O)ccc2Cc2cccc(C(F)(F)F)c2)n1. The molecular formula is C16H14BF3N4O2. The van der Waals surface area contributed by atoms with Gasteiger partial charge in [0.1, 0.15) is 0 Å². The Morgan fingerprint density at radius 3 is 2.50 bits per heavy atom. The van der Waals surface area contributed by atoms with Gasteiger partial charge in [-0.3, -0.25) is 0 Å². The summed E-state index contributed by atoms with van der Waals surface area (Å²) in [5, 5.41) is 30.5. The van der Waals surface area contributed by atoms with Crippen LogP contribution in [0.4, 0.5) is 13.2 Å². The van der Waals surface area contributed by atoms with Crippen molar-refractivity contribution in [3.63, 3.8) is 0 Å². The first-order chi connectivity index (χ1) is 12.2. The van der Waals surface area contributed by atoms with E-state index in [-0.39, 0.29) is 17.7 Å². The molecule has 0 atom stereocenters. The van der Waals surface area contributed by atoms with E-state index in [0.717, 1.165) is 12.1 Å². The molecule has 0 bridgehead atoms. The van der Waals surface area contributed by atoms with E-state index in [4.69, 9.17) is 0 Å². The van der Waals surface area contributed by atoms with Crippen LogP contribution in [0.1, 0.15) is 16.7 Å². The number of benzene rings is 2. The van der Waals surface area contributed by atoms with Crippen LogP contribution in [-0.4, -0.2) is 37.4 Å².